The lowest BCUT2D eigenvalue weighted by atomic mass is 10.1. The maximum atomic E-state index is 12.9. The Morgan fingerprint density at radius 2 is 2.06 bits per heavy atom. The fraction of sp³-hybridized carbons (Fsp3) is 0.417. The van der Waals surface area contributed by atoms with E-state index in [0.717, 1.165) is 12.1 Å². The van der Waals surface area contributed by atoms with E-state index in [9.17, 15) is 18.7 Å². The number of aliphatic carboxylic acids is 1. The van der Waals surface area contributed by atoms with Crippen LogP contribution >= 0.6 is 0 Å². The van der Waals surface area contributed by atoms with Crippen molar-refractivity contribution in [2.45, 2.75) is 18.9 Å². The summed E-state index contributed by atoms with van der Waals surface area (Å²) in [7, 11) is 0. The predicted octanol–water partition coefficient (Wildman–Crippen LogP) is 0.932. The van der Waals surface area contributed by atoms with Crippen LogP contribution in [0.25, 0.3) is 0 Å². The zero-order valence-corrected chi connectivity index (χ0v) is 9.70. The smallest absolute Gasteiger partial charge is 0.306 e. The fourth-order valence-electron chi connectivity index (χ4n) is 1.47. The standard InChI is InChI=1S/C12H15F2NO3/c13-10-2-1-8(5-11(10)14)3-4-15-7-9(16)6-12(17)18/h1-2,5,9,15-16H,3-4,6-7H2,(H,17,18). The van der Waals surface area contributed by atoms with Gasteiger partial charge in [0.15, 0.2) is 11.6 Å². The highest BCUT2D eigenvalue weighted by Gasteiger charge is 2.08. The van der Waals surface area contributed by atoms with Gasteiger partial charge in [0.1, 0.15) is 0 Å². The molecule has 1 atom stereocenters. The minimum Gasteiger partial charge on any atom is -0.481 e. The highest BCUT2D eigenvalue weighted by Crippen LogP contribution is 2.08. The number of aliphatic hydroxyl groups excluding tert-OH is 1. The molecule has 1 aromatic carbocycles. The van der Waals surface area contributed by atoms with Crippen LogP contribution in [0.4, 0.5) is 8.78 Å². The molecule has 1 rings (SSSR count). The van der Waals surface area contributed by atoms with Crippen LogP contribution in [-0.4, -0.2) is 35.4 Å². The van der Waals surface area contributed by atoms with E-state index in [0.29, 0.717) is 18.5 Å². The Hall–Kier alpha value is -1.53. The van der Waals surface area contributed by atoms with Crippen molar-refractivity contribution in [2.75, 3.05) is 13.1 Å². The third kappa shape index (κ3) is 5.20. The summed E-state index contributed by atoms with van der Waals surface area (Å²) in [4.78, 5) is 10.3. The van der Waals surface area contributed by atoms with Gasteiger partial charge in [-0.1, -0.05) is 6.07 Å². The van der Waals surface area contributed by atoms with Crippen LogP contribution in [0.1, 0.15) is 12.0 Å². The molecule has 0 spiro atoms. The van der Waals surface area contributed by atoms with Crippen molar-refractivity contribution in [2.24, 2.45) is 0 Å². The van der Waals surface area contributed by atoms with Gasteiger partial charge in [-0.15, -0.1) is 0 Å². The van der Waals surface area contributed by atoms with Crippen LogP contribution in [0.5, 0.6) is 0 Å². The molecular formula is C12H15F2NO3. The normalized spacial score (nSPS) is 12.4. The molecular weight excluding hydrogens is 244 g/mol. The maximum Gasteiger partial charge on any atom is 0.306 e. The molecule has 0 bridgehead atoms. The average Bonchev–Trinajstić information content (AvgIpc) is 2.28. The summed E-state index contributed by atoms with van der Waals surface area (Å²) in [5, 5.41) is 20.5. The molecule has 0 aromatic heterocycles. The number of carbonyl (C=O) groups is 1. The molecule has 0 fully saturated rings. The lowest BCUT2D eigenvalue weighted by Gasteiger charge is -2.09. The third-order valence-corrected chi connectivity index (χ3v) is 2.36. The Bertz CT molecular complexity index is 412. The van der Waals surface area contributed by atoms with Gasteiger partial charge in [-0.3, -0.25) is 4.79 Å². The van der Waals surface area contributed by atoms with Gasteiger partial charge in [-0.2, -0.15) is 0 Å². The van der Waals surface area contributed by atoms with Crippen LogP contribution in [0.15, 0.2) is 18.2 Å². The summed E-state index contributed by atoms with van der Waals surface area (Å²) >= 11 is 0. The Labute approximate surface area is 103 Å². The Balaban J connectivity index is 2.25. The number of carboxylic acid groups (broad SMARTS) is 1. The van der Waals surface area contributed by atoms with Gasteiger partial charge in [0, 0.05) is 6.54 Å². The molecule has 0 radical (unpaired) electrons. The minimum absolute atomic E-state index is 0.149. The van der Waals surface area contributed by atoms with Gasteiger partial charge in [-0.05, 0) is 30.7 Å². The first kappa shape index (κ1) is 14.5. The predicted molar refractivity (Wildman–Crippen MR) is 61.2 cm³/mol. The fourth-order valence-corrected chi connectivity index (χ4v) is 1.47. The molecule has 0 aliphatic heterocycles. The molecule has 0 amide bonds. The summed E-state index contributed by atoms with van der Waals surface area (Å²) in [6, 6.07) is 3.66. The topological polar surface area (TPSA) is 69.6 Å². The van der Waals surface area contributed by atoms with E-state index in [2.05, 4.69) is 5.32 Å². The van der Waals surface area contributed by atoms with Crippen molar-refractivity contribution < 1.29 is 23.8 Å². The lowest BCUT2D eigenvalue weighted by Crippen LogP contribution is -2.30. The molecule has 1 aromatic rings. The second-order valence-corrected chi connectivity index (χ2v) is 3.95. The van der Waals surface area contributed by atoms with Gasteiger partial charge >= 0.3 is 5.97 Å². The van der Waals surface area contributed by atoms with E-state index in [4.69, 9.17) is 5.11 Å². The van der Waals surface area contributed by atoms with Crippen LogP contribution < -0.4 is 5.32 Å². The maximum absolute atomic E-state index is 12.9. The van der Waals surface area contributed by atoms with E-state index in [1.54, 1.807) is 0 Å². The Kier molecular flexibility index (Phi) is 5.67. The van der Waals surface area contributed by atoms with Gasteiger partial charge in [0.25, 0.3) is 0 Å². The average molecular weight is 259 g/mol. The quantitative estimate of drug-likeness (QED) is 0.637. The number of aliphatic hydroxyl groups is 1. The zero-order valence-electron chi connectivity index (χ0n) is 9.70. The molecule has 0 saturated carbocycles. The number of hydrogen-bond acceptors (Lipinski definition) is 3. The summed E-state index contributed by atoms with van der Waals surface area (Å²) in [5.74, 6) is -2.84. The zero-order chi connectivity index (χ0) is 13.5. The van der Waals surface area contributed by atoms with E-state index >= 15 is 0 Å². The molecule has 100 valence electrons. The number of hydrogen-bond donors (Lipinski definition) is 3. The summed E-state index contributed by atoms with van der Waals surface area (Å²) in [6.07, 6.45) is -0.803. The van der Waals surface area contributed by atoms with Crippen LogP contribution in [0, 0.1) is 11.6 Å². The van der Waals surface area contributed by atoms with E-state index in [-0.39, 0.29) is 13.0 Å². The van der Waals surface area contributed by atoms with Crippen LogP contribution in [-0.2, 0) is 11.2 Å². The summed E-state index contributed by atoms with van der Waals surface area (Å²) in [6.45, 7) is 0.595. The Morgan fingerprint density at radius 3 is 2.67 bits per heavy atom. The minimum atomic E-state index is -1.06. The largest absolute Gasteiger partial charge is 0.481 e. The summed E-state index contributed by atoms with van der Waals surface area (Å²) < 4.78 is 25.5. The van der Waals surface area contributed by atoms with Crippen molar-refractivity contribution >= 4 is 5.97 Å². The summed E-state index contributed by atoms with van der Waals surface area (Å²) in [5.41, 5.74) is 0.633. The first-order valence-electron chi connectivity index (χ1n) is 5.53. The number of carboxylic acids is 1. The van der Waals surface area contributed by atoms with Crippen molar-refractivity contribution in [3.8, 4) is 0 Å². The molecule has 4 nitrogen and oxygen atoms in total. The van der Waals surface area contributed by atoms with Gasteiger partial charge in [0.05, 0.1) is 12.5 Å². The van der Waals surface area contributed by atoms with Gasteiger partial charge in [-0.25, -0.2) is 8.78 Å². The van der Waals surface area contributed by atoms with Crippen molar-refractivity contribution in [3.63, 3.8) is 0 Å². The Morgan fingerprint density at radius 1 is 1.33 bits per heavy atom. The molecule has 0 saturated heterocycles. The van der Waals surface area contributed by atoms with Crippen molar-refractivity contribution in [1.29, 1.82) is 0 Å². The van der Waals surface area contributed by atoms with Gasteiger partial charge in [0.2, 0.25) is 0 Å². The molecule has 0 heterocycles. The number of benzene rings is 1. The highest BCUT2D eigenvalue weighted by atomic mass is 19.2. The third-order valence-electron chi connectivity index (χ3n) is 2.36. The SMILES string of the molecule is O=C(O)CC(O)CNCCc1ccc(F)c(F)c1. The molecule has 0 aliphatic rings. The molecule has 6 heteroatoms. The van der Waals surface area contributed by atoms with Crippen LogP contribution in [0.2, 0.25) is 0 Å². The number of nitrogens with one attached hydrogen (secondary N) is 1. The first-order chi connectivity index (χ1) is 8.49. The lowest BCUT2D eigenvalue weighted by molar-refractivity contribution is -0.139. The van der Waals surface area contributed by atoms with Crippen molar-refractivity contribution in [1.82, 2.24) is 5.32 Å². The number of rotatable bonds is 7. The van der Waals surface area contributed by atoms with Crippen LogP contribution in [0.3, 0.4) is 0 Å². The number of halogens is 2. The first-order valence-corrected chi connectivity index (χ1v) is 5.53. The molecule has 0 aliphatic carbocycles. The monoisotopic (exact) mass is 259 g/mol. The van der Waals surface area contributed by atoms with E-state index in [1.165, 1.54) is 6.07 Å². The molecule has 1 unspecified atom stereocenters. The van der Waals surface area contributed by atoms with E-state index < -0.39 is 23.7 Å². The van der Waals surface area contributed by atoms with Gasteiger partial charge < -0.3 is 15.5 Å². The van der Waals surface area contributed by atoms with E-state index in [1.807, 2.05) is 0 Å². The molecule has 18 heavy (non-hydrogen) atoms. The second-order valence-electron chi connectivity index (χ2n) is 3.95. The van der Waals surface area contributed by atoms with Crippen molar-refractivity contribution in [3.05, 3.63) is 35.4 Å². The molecule has 3 N–H and O–H groups in total. The highest BCUT2D eigenvalue weighted by molar-refractivity contribution is 5.67. The second kappa shape index (κ2) is 7.03.